The lowest BCUT2D eigenvalue weighted by atomic mass is 9.89. The molecule has 0 amide bonds. The molecule has 0 aliphatic heterocycles. The van der Waals surface area contributed by atoms with Gasteiger partial charge in [0.1, 0.15) is 0 Å². The quantitative estimate of drug-likeness (QED) is 0.743. The number of anilines is 2. The Morgan fingerprint density at radius 1 is 1.16 bits per heavy atom. The van der Waals surface area contributed by atoms with Gasteiger partial charge in [0.2, 0.25) is 5.95 Å². The summed E-state index contributed by atoms with van der Waals surface area (Å²) in [6.07, 6.45) is 10.2. The van der Waals surface area contributed by atoms with E-state index in [1.807, 2.05) is 41.3 Å². The van der Waals surface area contributed by atoms with E-state index >= 15 is 0 Å². The summed E-state index contributed by atoms with van der Waals surface area (Å²) in [5.41, 5.74) is 2.60. The normalized spacial score (nSPS) is 15.6. The Hall–Kier alpha value is -2.47. The van der Waals surface area contributed by atoms with Crippen LogP contribution in [0, 0.1) is 5.92 Å². The van der Waals surface area contributed by atoms with Crippen molar-refractivity contribution >= 4 is 22.7 Å². The van der Waals surface area contributed by atoms with Gasteiger partial charge < -0.3 is 10.4 Å². The Labute approximate surface area is 146 Å². The van der Waals surface area contributed by atoms with Crippen molar-refractivity contribution < 1.29 is 5.11 Å². The van der Waals surface area contributed by atoms with Gasteiger partial charge >= 0.3 is 0 Å². The van der Waals surface area contributed by atoms with E-state index in [9.17, 15) is 5.11 Å². The average molecular weight is 337 g/mol. The van der Waals surface area contributed by atoms with Gasteiger partial charge in [0.15, 0.2) is 5.65 Å². The Morgan fingerprint density at radius 3 is 2.88 bits per heavy atom. The third kappa shape index (κ3) is 3.64. The zero-order valence-electron chi connectivity index (χ0n) is 14.2. The van der Waals surface area contributed by atoms with Crippen LogP contribution in [0.4, 0.5) is 11.6 Å². The molecule has 0 unspecified atom stereocenters. The summed E-state index contributed by atoms with van der Waals surface area (Å²) in [6.45, 7) is 0.948. The maximum atomic E-state index is 9.26. The van der Waals surface area contributed by atoms with Crippen molar-refractivity contribution in [2.24, 2.45) is 5.92 Å². The molecular weight excluding hydrogens is 314 g/mol. The maximum Gasteiger partial charge on any atom is 0.229 e. The summed E-state index contributed by atoms with van der Waals surface area (Å²) in [6, 6.07) is 7.62. The molecule has 1 aliphatic rings. The molecule has 0 bridgehead atoms. The summed E-state index contributed by atoms with van der Waals surface area (Å²) in [4.78, 5) is 9.05. The number of hydrogen-bond acceptors (Lipinski definition) is 5. The molecule has 130 valence electrons. The van der Waals surface area contributed by atoms with Crippen LogP contribution >= 0.6 is 0 Å². The second-order valence-electron chi connectivity index (χ2n) is 6.79. The Balaban J connectivity index is 1.56. The molecule has 1 fully saturated rings. The number of aliphatic hydroxyl groups excluding tert-OH is 1. The molecule has 1 aliphatic carbocycles. The molecule has 2 heterocycles. The number of nitrogens with one attached hydrogen (secondary N) is 1. The lowest BCUT2D eigenvalue weighted by molar-refractivity contribution is 0.282. The van der Waals surface area contributed by atoms with Gasteiger partial charge in [0.05, 0.1) is 18.2 Å². The Morgan fingerprint density at radius 2 is 2.04 bits per heavy atom. The van der Waals surface area contributed by atoms with E-state index in [1.165, 1.54) is 32.1 Å². The van der Waals surface area contributed by atoms with Gasteiger partial charge in [-0.15, -0.1) is 0 Å². The average Bonchev–Trinajstić information content (AvgIpc) is 3.05. The molecular formula is C19H23N5O. The van der Waals surface area contributed by atoms with Crippen molar-refractivity contribution in [3.8, 4) is 0 Å². The van der Waals surface area contributed by atoms with E-state index in [4.69, 9.17) is 0 Å². The Bertz CT molecular complexity index is 854. The van der Waals surface area contributed by atoms with E-state index in [0.717, 1.165) is 28.8 Å². The van der Waals surface area contributed by atoms with Crippen LogP contribution in [0.5, 0.6) is 0 Å². The van der Waals surface area contributed by atoms with Crippen LogP contribution in [0.25, 0.3) is 11.0 Å². The van der Waals surface area contributed by atoms with Crippen LogP contribution in [-0.2, 0) is 13.2 Å². The zero-order chi connectivity index (χ0) is 17.1. The molecule has 0 saturated heterocycles. The van der Waals surface area contributed by atoms with Gasteiger partial charge in [0.25, 0.3) is 0 Å². The van der Waals surface area contributed by atoms with Crippen molar-refractivity contribution in [1.29, 1.82) is 0 Å². The van der Waals surface area contributed by atoms with Crippen molar-refractivity contribution in [3.63, 3.8) is 0 Å². The lowest BCUT2D eigenvalue weighted by Gasteiger charge is -2.21. The molecule has 25 heavy (non-hydrogen) atoms. The number of hydrogen-bond donors (Lipinski definition) is 2. The lowest BCUT2D eigenvalue weighted by Crippen LogP contribution is -2.15. The predicted octanol–water partition coefficient (Wildman–Crippen LogP) is 3.64. The van der Waals surface area contributed by atoms with Crippen LogP contribution in [0.1, 0.15) is 37.7 Å². The minimum Gasteiger partial charge on any atom is -0.392 e. The van der Waals surface area contributed by atoms with Gasteiger partial charge in [-0.3, -0.25) is 0 Å². The first-order valence-electron chi connectivity index (χ1n) is 8.97. The number of benzene rings is 1. The molecule has 1 saturated carbocycles. The molecule has 6 nitrogen and oxygen atoms in total. The Kier molecular flexibility index (Phi) is 4.61. The van der Waals surface area contributed by atoms with E-state index in [0.29, 0.717) is 11.9 Å². The zero-order valence-corrected chi connectivity index (χ0v) is 14.2. The van der Waals surface area contributed by atoms with Crippen LogP contribution in [-0.4, -0.2) is 24.9 Å². The summed E-state index contributed by atoms with van der Waals surface area (Å²) < 4.78 is 2.02. The smallest absolute Gasteiger partial charge is 0.229 e. The number of nitrogens with zero attached hydrogens (tertiary/aromatic N) is 4. The highest BCUT2D eigenvalue weighted by Gasteiger charge is 2.16. The highest BCUT2D eigenvalue weighted by atomic mass is 16.3. The summed E-state index contributed by atoms with van der Waals surface area (Å²) in [5, 5.41) is 18.0. The molecule has 1 aromatic carbocycles. The van der Waals surface area contributed by atoms with Gasteiger partial charge in [-0.25, -0.2) is 9.67 Å². The summed E-state index contributed by atoms with van der Waals surface area (Å²) in [7, 11) is 0. The summed E-state index contributed by atoms with van der Waals surface area (Å²) >= 11 is 0. The molecule has 0 spiro atoms. The SMILES string of the molecule is OCc1cccc(Nc2ncc3cnn(CC4CCCCC4)c3n2)c1. The van der Waals surface area contributed by atoms with Crippen LogP contribution < -0.4 is 5.32 Å². The highest BCUT2D eigenvalue weighted by molar-refractivity contribution is 5.75. The molecule has 3 aromatic rings. The van der Waals surface area contributed by atoms with Gasteiger partial charge in [-0.05, 0) is 36.5 Å². The fraction of sp³-hybridized carbons (Fsp3) is 0.421. The van der Waals surface area contributed by atoms with Crippen molar-refractivity contribution in [3.05, 3.63) is 42.2 Å². The molecule has 4 rings (SSSR count). The first kappa shape index (κ1) is 16.0. The topological polar surface area (TPSA) is 75.9 Å². The molecule has 6 heteroatoms. The fourth-order valence-electron chi connectivity index (χ4n) is 3.55. The molecule has 2 aromatic heterocycles. The summed E-state index contributed by atoms with van der Waals surface area (Å²) in [5.74, 6) is 1.25. The predicted molar refractivity (Wildman–Crippen MR) is 97.5 cm³/mol. The maximum absolute atomic E-state index is 9.26. The molecule has 2 N–H and O–H groups in total. The standard InChI is InChI=1S/C19H23N5O/c25-13-15-7-4-8-17(9-15)22-19-20-10-16-11-21-24(18(16)23-19)12-14-5-2-1-3-6-14/h4,7-11,14,25H,1-3,5-6,12-13H2,(H,20,22,23). The van der Waals surface area contributed by atoms with Crippen LogP contribution in [0.15, 0.2) is 36.7 Å². The second-order valence-corrected chi connectivity index (χ2v) is 6.79. The molecule has 0 atom stereocenters. The van der Waals surface area contributed by atoms with E-state index in [-0.39, 0.29) is 6.61 Å². The third-order valence-electron chi connectivity index (χ3n) is 4.90. The van der Waals surface area contributed by atoms with Crippen LogP contribution in [0.3, 0.4) is 0 Å². The largest absolute Gasteiger partial charge is 0.392 e. The monoisotopic (exact) mass is 337 g/mol. The minimum atomic E-state index is 0.0174. The first-order valence-corrected chi connectivity index (χ1v) is 8.97. The van der Waals surface area contributed by atoms with E-state index < -0.39 is 0 Å². The molecule has 0 radical (unpaired) electrons. The van der Waals surface area contributed by atoms with Crippen molar-refractivity contribution in [2.75, 3.05) is 5.32 Å². The number of rotatable bonds is 5. The third-order valence-corrected chi connectivity index (χ3v) is 4.90. The minimum absolute atomic E-state index is 0.0174. The second kappa shape index (κ2) is 7.19. The van der Waals surface area contributed by atoms with Gasteiger partial charge in [0, 0.05) is 18.4 Å². The first-order chi connectivity index (χ1) is 12.3. The van der Waals surface area contributed by atoms with E-state index in [1.54, 1.807) is 0 Å². The number of fused-ring (bicyclic) bond motifs is 1. The van der Waals surface area contributed by atoms with Crippen molar-refractivity contribution in [1.82, 2.24) is 19.7 Å². The van der Waals surface area contributed by atoms with Gasteiger partial charge in [-0.2, -0.15) is 10.1 Å². The number of aromatic nitrogens is 4. The van der Waals surface area contributed by atoms with Crippen molar-refractivity contribution in [2.45, 2.75) is 45.3 Å². The fourth-order valence-corrected chi connectivity index (χ4v) is 3.55. The number of aliphatic hydroxyl groups is 1. The van der Waals surface area contributed by atoms with Crippen LogP contribution in [0.2, 0.25) is 0 Å². The van der Waals surface area contributed by atoms with Gasteiger partial charge in [-0.1, -0.05) is 31.4 Å². The highest BCUT2D eigenvalue weighted by Crippen LogP contribution is 2.26. The van der Waals surface area contributed by atoms with E-state index in [2.05, 4.69) is 20.4 Å².